The van der Waals surface area contributed by atoms with E-state index in [4.69, 9.17) is 17.3 Å². The fourth-order valence-electron chi connectivity index (χ4n) is 1.52. The number of carbonyl (C=O) groups is 1. The number of nitrogens with one attached hydrogen (secondary N) is 1. The number of halogens is 1. The Morgan fingerprint density at radius 2 is 2.11 bits per heavy atom. The molecular formula is C13H19ClN2OS. The second-order valence-electron chi connectivity index (χ2n) is 4.38. The summed E-state index contributed by atoms with van der Waals surface area (Å²) in [5, 5.41) is 3.91. The zero-order valence-electron chi connectivity index (χ0n) is 10.7. The van der Waals surface area contributed by atoms with Gasteiger partial charge >= 0.3 is 0 Å². The van der Waals surface area contributed by atoms with E-state index in [1.54, 1.807) is 11.8 Å². The molecule has 0 aliphatic heterocycles. The third-order valence-corrected chi connectivity index (χ3v) is 3.83. The number of rotatable bonds is 7. The molecule has 0 aliphatic rings. The predicted octanol–water partition coefficient (Wildman–Crippen LogP) is 2.43. The first-order valence-corrected chi connectivity index (χ1v) is 7.40. The number of hydrogen-bond acceptors (Lipinski definition) is 3. The van der Waals surface area contributed by atoms with Gasteiger partial charge < -0.3 is 11.1 Å². The Hall–Kier alpha value is -0.710. The molecule has 0 radical (unpaired) electrons. The summed E-state index contributed by atoms with van der Waals surface area (Å²) < 4.78 is 0. The van der Waals surface area contributed by atoms with E-state index < -0.39 is 0 Å². The van der Waals surface area contributed by atoms with Crippen LogP contribution in [0.1, 0.15) is 19.4 Å². The molecule has 0 saturated carbocycles. The van der Waals surface area contributed by atoms with Gasteiger partial charge in [0.2, 0.25) is 5.91 Å². The molecule has 1 amide bonds. The SMILES string of the molecule is CC(C)NC(CSCc1ccccc1Cl)C(N)=O. The Kier molecular flexibility index (Phi) is 6.54. The molecule has 0 aliphatic carbocycles. The maximum atomic E-state index is 11.3. The number of hydrogen-bond donors (Lipinski definition) is 2. The van der Waals surface area contributed by atoms with Gasteiger partial charge in [-0.2, -0.15) is 11.8 Å². The highest BCUT2D eigenvalue weighted by atomic mass is 35.5. The average Bonchev–Trinajstić information content (AvgIpc) is 2.29. The molecule has 5 heteroatoms. The maximum absolute atomic E-state index is 11.3. The number of thioether (sulfide) groups is 1. The van der Waals surface area contributed by atoms with E-state index in [1.807, 2.05) is 38.1 Å². The van der Waals surface area contributed by atoms with Crippen molar-refractivity contribution in [3.8, 4) is 0 Å². The first-order chi connectivity index (χ1) is 8.50. The van der Waals surface area contributed by atoms with Gasteiger partial charge in [0, 0.05) is 22.6 Å². The number of benzene rings is 1. The van der Waals surface area contributed by atoms with Crippen molar-refractivity contribution in [3.05, 3.63) is 34.9 Å². The quantitative estimate of drug-likeness (QED) is 0.809. The average molecular weight is 287 g/mol. The standard InChI is InChI=1S/C13H19ClN2OS/c1-9(2)16-12(13(15)17)8-18-7-10-5-3-4-6-11(10)14/h3-6,9,12,16H,7-8H2,1-2H3,(H2,15,17). The lowest BCUT2D eigenvalue weighted by atomic mass is 10.2. The molecule has 18 heavy (non-hydrogen) atoms. The van der Waals surface area contributed by atoms with Crippen molar-refractivity contribution in [1.82, 2.24) is 5.32 Å². The highest BCUT2D eigenvalue weighted by Crippen LogP contribution is 2.21. The molecule has 1 rings (SSSR count). The summed E-state index contributed by atoms with van der Waals surface area (Å²) in [6.45, 7) is 3.99. The second-order valence-corrected chi connectivity index (χ2v) is 5.82. The summed E-state index contributed by atoms with van der Waals surface area (Å²) in [5.41, 5.74) is 6.43. The Bertz CT molecular complexity index is 398. The zero-order valence-corrected chi connectivity index (χ0v) is 12.2. The molecule has 1 aromatic rings. The van der Waals surface area contributed by atoms with Gasteiger partial charge in [0.05, 0.1) is 6.04 Å². The van der Waals surface area contributed by atoms with Crippen LogP contribution >= 0.6 is 23.4 Å². The topological polar surface area (TPSA) is 55.1 Å². The Morgan fingerprint density at radius 3 is 2.67 bits per heavy atom. The van der Waals surface area contributed by atoms with Crippen LogP contribution in [-0.4, -0.2) is 23.7 Å². The minimum absolute atomic E-state index is 0.239. The van der Waals surface area contributed by atoms with Crippen LogP contribution in [0.4, 0.5) is 0 Å². The van der Waals surface area contributed by atoms with Crippen LogP contribution in [0.3, 0.4) is 0 Å². The molecule has 0 spiro atoms. The normalized spacial score (nSPS) is 12.7. The Balaban J connectivity index is 2.44. The third kappa shape index (κ3) is 5.29. The van der Waals surface area contributed by atoms with Gasteiger partial charge in [-0.3, -0.25) is 4.79 Å². The largest absolute Gasteiger partial charge is 0.368 e. The van der Waals surface area contributed by atoms with E-state index in [-0.39, 0.29) is 18.0 Å². The van der Waals surface area contributed by atoms with E-state index in [1.165, 1.54) is 0 Å². The predicted molar refractivity (Wildman–Crippen MR) is 78.9 cm³/mol. The highest BCUT2D eigenvalue weighted by Gasteiger charge is 2.15. The van der Waals surface area contributed by atoms with Gasteiger partial charge in [-0.25, -0.2) is 0 Å². The first kappa shape index (κ1) is 15.3. The zero-order chi connectivity index (χ0) is 13.5. The van der Waals surface area contributed by atoms with Crippen molar-refractivity contribution < 1.29 is 4.79 Å². The van der Waals surface area contributed by atoms with Crippen molar-refractivity contribution in [2.24, 2.45) is 5.73 Å². The fourth-order valence-corrected chi connectivity index (χ4v) is 2.88. The third-order valence-electron chi connectivity index (χ3n) is 2.38. The molecule has 1 atom stereocenters. The van der Waals surface area contributed by atoms with Gasteiger partial charge in [0.25, 0.3) is 0 Å². The van der Waals surface area contributed by atoms with Crippen LogP contribution in [0.5, 0.6) is 0 Å². The van der Waals surface area contributed by atoms with Gasteiger partial charge in [-0.1, -0.05) is 43.6 Å². The van der Waals surface area contributed by atoms with Crippen molar-refractivity contribution in [1.29, 1.82) is 0 Å². The van der Waals surface area contributed by atoms with E-state index >= 15 is 0 Å². The summed E-state index contributed by atoms with van der Waals surface area (Å²) in [6.07, 6.45) is 0. The summed E-state index contributed by atoms with van der Waals surface area (Å²) >= 11 is 7.72. The lowest BCUT2D eigenvalue weighted by molar-refractivity contribution is -0.119. The summed E-state index contributed by atoms with van der Waals surface area (Å²) in [7, 11) is 0. The first-order valence-electron chi connectivity index (χ1n) is 5.87. The molecule has 0 aromatic heterocycles. The van der Waals surface area contributed by atoms with Crippen LogP contribution in [0, 0.1) is 0 Å². The van der Waals surface area contributed by atoms with E-state index in [0.717, 1.165) is 16.3 Å². The lowest BCUT2D eigenvalue weighted by Crippen LogP contribution is -2.46. The monoisotopic (exact) mass is 286 g/mol. The van der Waals surface area contributed by atoms with Gasteiger partial charge in [0.15, 0.2) is 0 Å². The number of primary amides is 1. The van der Waals surface area contributed by atoms with E-state index in [0.29, 0.717) is 5.75 Å². The molecule has 0 heterocycles. The second kappa shape index (κ2) is 7.67. The number of amides is 1. The van der Waals surface area contributed by atoms with Gasteiger partial charge in [-0.05, 0) is 11.6 Å². The lowest BCUT2D eigenvalue weighted by Gasteiger charge is -2.17. The molecule has 100 valence electrons. The molecule has 1 unspecified atom stereocenters. The fraction of sp³-hybridized carbons (Fsp3) is 0.462. The van der Waals surface area contributed by atoms with Crippen molar-refractivity contribution >= 4 is 29.3 Å². The van der Waals surface area contributed by atoms with Crippen molar-refractivity contribution in [2.45, 2.75) is 31.7 Å². The van der Waals surface area contributed by atoms with Gasteiger partial charge in [0.1, 0.15) is 0 Å². The number of nitrogens with two attached hydrogens (primary N) is 1. The van der Waals surface area contributed by atoms with Crippen LogP contribution < -0.4 is 11.1 Å². The summed E-state index contributed by atoms with van der Waals surface area (Å²) in [4.78, 5) is 11.3. The molecular weight excluding hydrogens is 268 g/mol. The smallest absolute Gasteiger partial charge is 0.235 e. The highest BCUT2D eigenvalue weighted by molar-refractivity contribution is 7.98. The van der Waals surface area contributed by atoms with E-state index in [9.17, 15) is 4.79 Å². The van der Waals surface area contributed by atoms with Crippen molar-refractivity contribution in [2.75, 3.05) is 5.75 Å². The maximum Gasteiger partial charge on any atom is 0.235 e. The van der Waals surface area contributed by atoms with Gasteiger partial charge in [-0.15, -0.1) is 0 Å². The molecule has 0 bridgehead atoms. The molecule has 0 saturated heterocycles. The summed E-state index contributed by atoms with van der Waals surface area (Å²) in [5.74, 6) is 1.12. The van der Waals surface area contributed by atoms with Crippen LogP contribution in [-0.2, 0) is 10.5 Å². The molecule has 0 fully saturated rings. The molecule has 3 N–H and O–H groups in total. The van der Waals surface area contributed by atoms with Crippen LogP contribution in [0.2, 0.25) is 5.02 Å². The van der Waals surface area contributed by atoms with Crippen LogP contribution in [0.25, 0.3) is 0 Å². The minimum atomic E-state index is -0.310. The molecule has 3 nitrogen and oxygen atoms in total. The Labute approximate surface area is 117 Å². The number of carbonyl (C=O) groups excluding carboxylic acids is 1. The van der Waals surface area contributed by atoms with E-state index in [2.05, 4.69) is 5.32 Å². The molecule has 1 aromatic carbocycles. The van der Waals surface area contributed by atoms with Crippen molar-refractivity contribution in [3.63, 3.8) is 0 Å². The summed E-state index contributed by atoms with van der Waals surface area (Å²) in [6, 6.07) is 7.67. The minimum Gasteiger partial charge on any atom is -0.368 e. The Morgan fingerprint density at radius 1 is 1.44 bits per heavy atom. The van der Waals surface area contributed by atoms with Crippen LogP contribution in [0.15, 0.2) is 24.3 Å².